The first-order valence-electron chi connectivity index (χ1n) is 19.5. The van der Waals surface area contributed by atoms with Crippen LogP contribution in [0.15, 0.2) is 42.9 Å². The van der Waals surface area contributed by atoms with Crippen LogP contribution in [0.3, 0.4) is 0 Å². The van der Waals surface area contributed by atoms with Crippen molar-refractivity contribution in [1.29, 1.82) is 0 Å². The summed E-state index contributed by atoms with van der Waals surface area (Å²) in [4.78, 5) is 61.6. The Morgan fingerprint density at radius 1 is 0.929 bits per heavy atom. The van der Waals surface area contributed by atoms with E-state index in [1.54, 1.807) is 52.0 Å². The number of nitrogens with zero attached hydrogens (tertiary/aromatic N) is 1. The molecule has 16 nitrogen and oxygen atoms in total. The molecular formula is C39H63N7O9S. The molecule has 0 spiro atoms. The van der Waals surface area contributed by atoms with Crippen LogP contribution < -0.4 is 26.0 Å². The number of ether oxygens (including phenoxy) is 1. The highest BCUT2D eigenvalue weighted by molar-refractivity contribution is 7.89. The van der Waals surface area contributed by atoms with Gasteiger partial charge in [0.25, 0.3) is 0 Å². The van der Waals surface area contributed by atoms with Crippen LogP contribution in [0.2, 0.25) is 0 Å². The summed E-state index contributed by atoms with van der Waals surface area (Å²) in [5.41, 5.74) is -1.04. The number of imidazole rings is 1. The SMILES string of the molecule is CCCS(=O)(=O)NC[C@@H](O)C[C@H](O)[C@H](CC1CCCCC1)NC(=O)[C@H](Cc1cnc[nH]1)NC(=O)[C@H](Cc1ccccc1)NC(=O)C(C)(C)NC(=O)OC(C)(C)C. The number of aliphatic hydroxyl groups excluding tert-OH is 2. The van der Waals surface area contributed by atoms with E-state index in [9.17, 15) is 37.8 Å². The van der Waals surface area contributed by atoms with Gasteiger partial charge >= 0.3 is 6.09 Å². The molecule has 8 N–H and O–H groups in total. The Morgan fingerprint density at radius 2 is 1.57 bits per heavy atom. The Labute approximate surface area is 331 Å². The number of nitrogens with one attached hydrogen (secondary N) is 6. The molecular weight excluding hydrogens is 743 g/mol. The van der Waals surface area contributed by atoms with Gasteiger partial charge in [-0.25, -0.2) is 22.9 Å². The maximum Gasteiger partial charge on any atom is 0.408 e. The number of rotatable bonds is 21. The van der Waals surface area contributed by atoms with E-state index in [-0.39, 0.29) is 37.5 Å². The molecule has 2 aromatic rings. The van der Waals surface area contributed by atoms with Crippen molar-refractivity contribution in [2.24, 2.45) is 5.92 Å². The number of aromatic amines is 1. The predicted octanol–water partition coefficient (Wildman–Crippen LogP) is 2.36. The molecule has 0 radical (unpaired) electrons. The number of H-pyrrole nitrogens is 1. The van der Waals surface area contributed by atoms with Crippen LogP contribution in [0.4, 0.5) is 4.79 Å². The Hall–Kier alpha value is -4.06. The molecule has 1 aliphatic carbocycles. The van der Waals surface area contributed by atoms with Gasteiger partial charge in [-0.15, -0.1) is 0 Å². The molecule has 0 aliphatic heterocycles. The normalized spacial score (nSPS) is 16.8. The lowest BCUT2D eigenvalue weighted by atomic mass is 9.83. The molecule has 1 heterocycles. The molecule has 1 aliphatic rings. The lowest BCUT2D eigenvalue weighted by molar-refractivity contribution is -0.134. The van der Waals surface area contributed by atoms with E-state index in [0.717, 1.165) is 37.7 Å². The summed E-state index contributed by atoms with van der Waals surface area (Å²) in [6.45, 7) is 9.48. The van der Waals surface area contributed by atoms with Gasteiger partial charge in [-0.1, -0.05) is 69.4 Å². The van der Waals surface area contributed by atoms with Crippen LogP contribution in [0, 0.1) is 5.92 Å². The second kappa shape index (κ2) is 21.5. The highest BCUT2D eigenvalue weighted by Crippen LogP contribution is 2.28. The molecule has 3 rings (SSSR count). The van der Waals surface area contributed by atoms with Crippen LogP contribution in [0.1, 0.15) is 104 Å². The van der Waals surface area contributed by atoms with Crippen molar-refractivity contribution in [1.82, 2.24) is 36.0 Å². The van der Waals surface area contributed by atoms with E-state index in [4.69, 9.17) is 4.74 Å². The second-order valence-electron chi connectivity index (χ2n) is 16.3. The number of sulfonamides is 1. The minimum Gasteiger partial charge on any atom is -0.444 e. The third-order valence-electron chi connectivity index (χ3n) is 9.53. The molecule has 0 saturated heterocycles. The quantitative estimate of drug-likeness (QED) is 0.0916. The maximum atomic E-state index is 14.2. The average molecular weight is 806 g/mol. The summed E-state index contributed by atoms with van der Waals surface area (Å²) in [5.74, 6) is -1.84. The van der Waals surface area contributed by atoms with E-state index < -0.39 is 75.3 Å². The zero-order valence-electron chi connectivity index (χ0n) is 33.6. The summed E-state index contributed by atoms with van der Waals surface area (Å²) in [5, 5.41) is 33.2. The van der Waals surface area contributed by atoms with Crippen molar-refractivity contribution in [2.75, 3.05) is 12.3 Å². The fourth-order valence-corrected chi connectivity index (χ4v) is 7.71. The van der Waals surface area contributed by atoms with Gasteiger partial charge in [-0.3, -0.25) is 14.4 Å². The lowest BCUT2D eigenvalue weighted by Crippen LogP contribution is -2.61. The van der Waals surface area contributed by atoms with Crippen molar-refractivity contribution in [2.45, 2.75) is 147 Å². The van der Waals surface area contributed by atoms with E-state index in [2.05, 4.69) is 36.0 Å². The molecule has 1 aromatic carbocycles. The number of aliphatic hydroxyl groups is 2. The number of amides is 4. The van der Waals surface area contributed by atoms with Crippen molar-refractivity contribution in [3.63, 3.8) is 0 Å². The summed E-state index contributed by atoms with van der Waals surface area (Å²) in [6, 6.07) is 5.80. The monoisotopic (exact) mass is 805 g/mol. The minimum absolute atomic E-state index is 0.0106. The van der Waals surface area contributed by atoms with Gasteiger partial charge in [-0.2, -0.15) is 0 Å². The van der Waals surface area contributed by atoms with Gasteiger partial charge in [0.15, 0.2) is 0 Å². The van der Waals surface area contributed by atoms with E-state index in [0.29, 0.717) is 18.5 Å². The zero-order valence-corrected chi connectivity index (χ0v) is 34.4. The fourth-order valence-electron chi connectivity index (χ4n) is 6.58. The second-order valence-corrected chi connectivity index (χ2v) is 18.2. The Morgan fingerprint density at radius 3 is 2.18 bits per heavy atom. The number of alkyl carbamates (subject to hydrolysis) is 1. The van der Waals surface area contributed by atoms with Gasteiger partial charge in [0.2, 0.25) is 27.7 Å². The van der Waals surface area contributed by atoms with Crippen LogP contribution in [0.5, 0.6) is 0 Å². The Bertz CT molecular complexity index is 1640. The number of benzene rings is 1. The number of hydrogen-bond donors (Lipinski definition) is 8. The summed E-state index contributed by atoms with van der Waals surface area (Å²) in [6.07, 6.45) is 5.29. The lowest BCUT2D eigenvalue weighted by Gasteiger charge is -2.33. The van der Waals surface area contributed by atoms with E-state index >= 15 is 0 Å². The van der Waals surface area contributed by atoms with Gasteiger partial charge in [-0.05, 0) is 58.9 Å². The highest BCUT2D eigenvalue weighted by atomic mass is 32.2. The van der Waals surface area contributed by atoms with Crippen LogP contribution in [-0.4, -0.2) is 106 Å². The standard InChI is InChI=1S/C39H63N7O9S/c1-7-18-56(53,54)42-24-29(47)22-33(48)30(19-26-14-10-8-11-15-26)43-35(50)32(21-28-23-40-25-41-28)44-34(49)31(20-27-16-12-9-13-17-27)45-36(51)39(5,6)46-37(52)55-38(2,3)4/h9,12-13,16-17,23,25-26,29-33,42,47-48H,7-8,10-11,14-15,18-22,24H2,1-6H3,(H,40,41)(H,43,50)(H,44,49)(H,45,51)(H,46,52)/t29-,30-,31-,32-,33-/m0/s1. The molecule has 314 valence electrons. The van der Waals surface area contributed by atoms with Gasteiger partial charge in [0.05, 0.1) is 30.3 Å². The van der Waals surface area contributed by atoms with Gasteiger partial charge in [0, 0.05) is 37.7 Å². The summed E-state index contributed by atoms with van der Waals surface area (Å²) < 4.78 is 32.0. The highest BCUT2D eigenvalue weighted by Gasteiger charge is 2.36. The van der Waals surface area contributed by atoms with Gasteiger partial charge in [0.1, 0.15) is 23.2 Å². The molecule has 1 aromatic heterocycles. The third kappa shape index (κ3) is 16.6. The first kappa shape index (κ1) is 46.3. The minimum atomic E-state index is -3.59. The average Bonchev–Trinajstić information content (AvgIpc) is 3.63. The van der Waals surface area contributed by atoms with Crippen molar-refractivity contribution < 1.29 is 42.5 Å². The molecule has 1 fully saturated rings. The topological polar surface area (TPSA) is 241 Å². The van der Waals surface area contributed by atoms with Crippen LogP contribution >= 0.6 is 0 Å². The summed E-state index contributed by atoms with van der Waals surface area (Å²) >= 11 is 0. The van der Waals surface area contributed by atoms with Crippen molar-refractivity contribution >= 4 is 33.8 Å². The number of carbonyl (C=O) groups is 4. The molecule has 0 unspecified atom stereocenters. The Balaban J connectivity index is 1.85. The van der Waals surface area contributed by atoms with Crippen LogP contribution in [0.25, 0.3) is 0 Å². The van der Waals surface area contributed by atoms with Crippen molar-refractivity contribution in [3.8, 4) is 0 Å². The van der Waals surface area contributed by atoms with Gasteiger partial charge < -0.3 is 41.2 Å². The molecule has 5 atom stereocenters. The van der Waals surface area contributed by atoms with E-state index in [1.807, 2.05) is 6.07 Å². The first-order chi connectivity index (χ1) is 26.3. The number of aromatic nitrogens is 2. The van der Waals surface area contributed by atoms with Crippen LogP contribution in [-0.2, 0) is 42.0 Å². The zero-order chi connectivity index (χ0) is 41.5. The molecule has 56 heavy (non-hydrogen) atoms. The molecule has 17 heteroatoms. The largest absolute Gasteiger partial charge is 0.444 e. The smallest absolute Gasteiger partial charge is 0.408 e. The molecule has 0 bridgehead atoms. The van der Waals surface area contributed by atoms with Crippen molar-refractivity contribution in [3.05, 3.63) is 54.1 Å². The molecule has 1 saturated carbocycles. The maximum absolute atomic E-state index is 14.2. The van der Waals surface area contributed by atoms with E-state index in [1.165, 1.54) is 26.4 Å². The fraction of sp³-hybridized carbons (Fsp3) is 0.667. The number of carbonyl (C=O) groups excluding carboxylic acids is 4. The Kier molecular flexibility index (Phi) is 17.8. The predicted molar refractivity (Wildman–Crippen MR) is 212 cm³/mol. The number of hydrogen-bond acceptors (Lipinski definition) is 10. The molecule has 4 amide bonds. The first-order valence-corrected chi connectivity index (χ1v) is 21.2. The summed E-state index contributed by atoms with van der Waals surface area (Å²) in [7, 11) is -3.59. The third-order valence-corrected chi connectivity index (χ3v) is 11.1.